The third kappa shape index (κ3) is 2.20. The lowest BCUT2D eigenvalue weighted by molar-refractivity contribution is -0.385. The zero-order valence-corrected chi connectivity index (χ0v) is 11.6. The van der Waals surface area contributed by atoms with Gasteiger partial charge in [0, 0.05) is 17.3 Å². The Bertz CT molecular complexity index is 822. The fourth-order valence-corrected chi connectivity index (χ4v) is 2.28. The van der Waals surface area contributed by atoms with Crippen LogP contribution in [-0.2, 0) is 0 Å². The number of fused-ring (bicyclic) bond motifs is 1. The molecule has 6 nitrogen and oxygen atoms in total. The van der Waals surface area contributed by atoms with Gasteiger partial charge in [0.25, 0.3) is 5.69 Å². The second-order valence-corrected chi connectivity index (χ2v) is 4.65. The van der Waals surface area contributed by atoms with E-state index in [1.807, 2.05) is 31.2 Å². The Morgan fingerprint density at radius 3 is 2.52 bits per heavy atom. The van der Waals surface area contributed by atoms with Gasteiger partial charge in [0.1, 0.15) is 11.4 Å². The topological polar surface area (TPSA) is 69.7 Å². The van der Waals surface area contributed by atoms with E-state index in [9.17, 15) is 10.1 Å². The summed E-state index contributed by atoms with van der Waals surface area (Å²) >= 11 is 0. The van der Waals surface area contributed by atoms with E-state index in [0.29, 0.717) is 5.65 Å². The first-order valence-electron chi connectivity index (χ1n) is 6.37. The number of benzene rings is 1. The van der Waals surface area contributed by atoms with Crippen molar-refractivity contribution in [3.63, 3.8) is 0 Å². The Morgan fingerprint density at radius 1 is 1.19 bits per heavy atom. The van der Waals surface area contributed by atoms with Gasteiger partial charge in [-0.25, -0.2) is 4.98 Å². The number of imidazole rings is 1. The zero-order valence-electron chi connectivity index (χ0n) is 11.6. The summed E-state index contributed by atoms with van der Waals surface area (Å²) in [6.45, 7) is 1.89. The number of ether oxygens (including phenoxy) is 1. The highest BCUT2D eigenvalue weighted by molar-refractivity contribution is 5.67. The molecule has 3 rings (SSSR count). The fourth-order valence-electron chi connectivity index (χ4n) is 2.28. The second kappa shape index (κ2) is 4.90. The lowest BCUT2D eigenvalue weighted by Gasteiger charge is -2.02. The van der Waals surface area contributed by atoms with Crippen molar-refractivity contribution < 1.29 is 9.66 Å². The van der Waals surface area contributed by atoms with Gasteiger partial charge in [-0.3, -0.25) is 14.5 Å². The van der Waals surface area contributed by atoms with Gasteiger partial charge >= 0.3 is 0 Å². The summed E-state index contributed by atoms with van der Waals surface area (Å²) in [5.74, 6) is 0.774. The Kier molecular flexibility index (Phi) is 3.06. The van der Waals surface area contributed by atoms with Crippen molar-refractivity contribution in [2.45, 2.75) is 6.92 Å². The van der Waals surface area contributed by atoms with Crippen LogP contribution in [0.25, 0.3) is 16.9 Å². The first-order chi connectivity index (χ1) is 10.1. The summed E-state index contributed by atoms with van der Waals surface area (Å²) in [6.07, 6.45) is 1.49. The number of hydrogen-bond acceptors (Lipinski definition) is 4. The Hall–Kier alpha value is -2.89. The summed E-state index contributed by atoms with van der Waals surface area (Å²) in [4.78, 5) is 15.0. The molecule has 1 aromatic carbocycles. The Labute approximate surface area is 120 Å². The van der Waals surface area contributed by atoms with Crippen molar-refractivity contribution in [3.8, 4) is 17.0 Å². The number of pyridine rings is 1. The van der Waals surface area contributed by atoms with Crippen LogP contribution >= 0.6 is 0 Å². The Balaban J connectivity index is 2.14. The van der Waals surface area contributed by atoms with Crippen LogP contribution in [0.1, 0.15) is 5.69 Å². The molecule has 6 heteroatoms. The average Bonchev–Trinajstić information content (AvgIpc) is 2.84. The number of methoxy groups -OCH3 is 1. The van der Waals surface area contributed by atoms with Crippen molar-refractivity contribution in [1.29, 1.82) is 0 Å². The van der Waals surface area contributed by atoms with E-state index in [2.05, 4.69) is 4.98 Å². The minimum atomic E-state index is -0.411. The molecule has 0 spiro atoms. The number of aromatic nitrogens is 2. The normalized spacial score (nSPS) is 10.8. The van der Waals surface area contributed by atoms with Gasteiger partial charge in [0.2, 0.25) is 0 Å². The van der Waals surface area contributed by atoms with Crippen LogP contribution in [0, 0.1) is 17.0 Å². The number of nitro groups is 1. The standard InChI is InChI=1S/C15H13N3O3/c1-10-15(11-3-6-13(21-2)7-4-11)16-14-8-5-12(18(19)20)9-17(10)14/h3-9H,1-2H3. The number of aryl methyl sites for hydroxylation is 1. The van der Waals surface area contributed by atoms with Crippen LogP contribution < -0.4 is 4.74 Å². The van der Waals surface area contributed by atoms with Crippen LogP contribution in [0.2, 0.25) is 0 Å². The third-order valence-corrected chi connectivity index (χ3v) is 3.42. The summed E-state index contributed by atoms with van der Waals surface area (Å²) in [5.41, 5.74) is 3.34. The van der Waals surface area contributed by atoms with E-state index >= 15 is 0 Å². The molecular weight excluding hydrogens is 270 g/mol. The van der Waals surface area contributed by atoms with Crippen LogP contribution in [0.3, 0.4) is 0 Å². The van der Waals surface area contributed by atoms with Crippen LogP contribution in [0.15, 0.2) is 42.6 Å². The monoisotopic (exact) mass is 283 g/mol. The summed E-state index contributed by atoms with van der Waals surface area (Å²) in [6, 6.07) is 10.7. The van der Waals surface area contributed by atoms with Crippen molar-refractivity contribution in [1.82, 2.24) is 9.38 Å². The molecule has 0 aliphatic carbocycles. The minimum absolute atomic E-state index is 0.0456. The number of rotatable bonds is 3. The highest BCUT2D eigenvalue weighted by Crippen LogP contribution is 2.26. The molecule has 2 heterocycles. The average molecular weight is 283 g/mol. The summed E-state index contributed by atoms with van der Waals surface area (Å²) in [5, 5.41) is 10.9. The SMILES string of the molecule is COc1ccc(-c2nc3ccc([N+](=O)[O-])cn3c2C)cc1. The zero-order chi connectivity index (χ0) is 15.0. The quantitative estimate of drug-likeness (QED) is 0.546. The molecule has 0 fully saturated rings. The lowest BCUT2D eigenvalue weighted by Crippen LogP contribution is -1.93. The Morgan fingerprint density at radius 2 is 1.90 bits per heavy atom. The molecule has 3 aromatic rings. The lowest BCUT2D eigenvalue weighted by atomic mass is 10.1. The number of nitrogens with zero attached hydrogens (tertiary/aromatic N) is 3. The number of hydrogen-bond donors (Lipinski definition) is 0. The maximum Gasteiger partial charge on any atom is 0.286 e. The molecule has 0 saturated carbocycles. The smallest absolute Gasteiger partial charge is 0.286 e. The van der Waals surface area contributed by atoms with E-state index in [4.69, 9.17) is 4.74 Å². The second-order valence-electron chi connectivity index (χ2n) is 4.65. The molecule has 0 amide bonds. The molecule has 0 saturated heterocycles. The maximum atomic E-state index is 10.9. The van der Waals surface area contributed by atoms with E-state index in [1.54, 1.807) is 17.6 Å². The molecule has 21 heavy (non-hydrogen) atoms. The first kappa shape index (κ1) is 13.1. The molecule has 0 unspecified atom stereocenters. The van der Waals surface area contributed by atoms with Gasteiger partial charge in [0.15, 0.2) is 0 Å². The molecule has 0 atom stereocenters. The van der Waals surface area contributed by atoms with E-state index in [0.717, 1.165) is 22.7 Å². The van der Waals surface area contributed by atoms with E-state index in [-0.39, 0.29) is 5.69 Å². The van der Waals surface area contributed by atoms with Crippen LogP contribution in [0.5, 0.6) is 5.75 Å². The fraction of sp³-hybridized carbons (Fsp3) is 0.133. The van der Waals surface area contributed by atoms with Crippen molar-refractivity contribution in [3.05, 3.63) is 58.4 Å². The van der Waals surface area contributed by atoms with Crippen molar-refractivity contribution in [2.75, 3.05) is 7.11 Å². The van der Waals surface area contributed by atoms with Gasteiger partial charge in [-0.2, -0.15) is 0 Å². The molecule has 0 radical (unpaired) electrons. The molecule has 2 aromatic heterocycles. The van der Waals surface area contributed by atoms with Crippen molar-refractivity contribution in [2.24, 2.45) is 0 Å². The molecule has 0 aliphatic heterocycles. The van der Waals surface area contributed by atoms with Crippen LogP contribution in [-0.4, -0.2) is 21.4 Å². The predicted molar refractivity (Wildman–Crippen MR) is 78.6 cm³/mol. The first-order valence-corrected chi connectivity index (χ1v) is 6.37. The van der Waals surface area contributed by atoms with Crippen LogP contribution in [0.4, 0.5) is 5.69 Å². The molecule has 0 bridgehead atoms. The maximum absolute atomic E-state index is 10.9. The van der Waals surface area contributed by atoms with Gasteiger partial charge in [-0.05, 0) is 37.3 Å². The minimum Gasteiger partial charge on any atom is -0.497 e. The molecular formula is C15H13N3O3. The van der Waals surface area contributed by atoms with E-state index < -0.39 is 4.92 Å². The molecule has 106 valence electrons. The third-order valence-electron chi connectivity index (χ3n) is 3.42. The molecule has 0 aliphatic rings. The van der Waals surface area contributed by atoms with E-state index in [1.165, 1.54) is 12.3 Å². The van der Waals surface area contributed by atoms with Gasteiger partial charge < -0.3 is 4.74 Å². The predicted octanol–water partition coefficient (Wildman–Crippen LogP) is 3.23. The highest BCUT2D eigenvalue weighted by atomic mass is 16.6. The van der Waals surface area contributed by atoms with Gasteiger partial charge in [0.05, 0.1) is 23.9 Å². The van der Waals surface area contributed by atoms with Gasteiger partial charge in [-0.15, -0.1) is 0 Å². The van der Waals surface area contributed by atoms with Gasteiger partial charge in [-0.1, -0.05) is 0 Å². The summed E-state index contributed by atoms with van der Waals surface area (Å²) < 4.78 is 6.87. The highest BCUT2D eigenvalue weighted by Gasteiger charge is 2.13. The largest absolute Gasteiger partial charge is 0.497 e. The molecule has 0 N–H and O–H groups in total. The summed E-state index contributed by atoms with van der Waals surface area (Å²) in [7, 11) is 1.62. The van der Waals surface area contributed by atoms with Crippen molar-refractivity contribution >= 4 is 11.3 Å².